The van der Waals surface area contributed by atoms with E-state index in [2.05, 4.69) is 69.4 Å². The Kier molecular flexibility index (Phi) is 55.3. The Hall–Kier alpha value is -2.89. The average Bonchev–Trinajstić information content (AvgIpc) is 3.35. The molecule has 6 nitrogen and oxygen atoms in total. The first-order chi connectivity index (χ1) is 34.0. The van der Waals surface area contributed by atoms with Crippen molar-refractivity contribution in [2.45, 2.75) is 309 Å². The minimum absolute atomic E-state index is 0.0995. The lowest BCUT2D eigenvalue weighted by Crippen LogP contribution is -2.30. The first-order valence-electron chi connectivity index (χ1n) is 29.8. The Morgan fingerprint density at radius 1 is 0.304 bits per heavy atom. The summed E-state index contributed by atoms with van der Waals surface area (Å²) < 4.78 is 16.8. The van der Waals surface area contributed by atoms with Gasteiger partial charge >= 0.3 is 17.9 Å². The van der Waals surface area contributed by atoms with Crippen molar-refractivity contribution < 1.29 is 28.6 Å². The van der Waals surface area contributed by atoms with Crippen molar-refractivity contribution >= 4 is 17.9 Å². The molecule has 400 valence electrons. The highest BCUT2D eigenvalue weighted by atomic mass is 16.6. The monoisotopic (exact) mass is 965 g/mol. The number of carbonyl (C=O) groups is 3. The third kappa shape index (κ3) is 55.9. The Morgan fingerprint density at radius 3 is 0.884 bits per heavy atom. The van der Waals surface area contributed by atoms with Gasteiger partial charge < -0.3 is 14.2 Å². The zero-order valence-electron chi connectivity index (χ0n) is 45.8. The highest BCUT2D eigenvalue weighted by Gasteiger charge is 2.19. The van der Waals surface area contributed by atoms with Gasteiger partial charge in [0.1, 0.15) is 13.2 Å². The van der Waals surface area contributed by atoms with Gasteiger partial charge in [0.2, 0.25) is 0 Å². The van der Waals surface area contributed by atoms with Crippen molar-refractivity contribution in [1.29, 1.82) is 0 Å². The maximum atomic E-state index is 12.9. The lowest BCUT2D eigenvalue weighted by atomic mass is 10.0. The molecule has 0 rings (SSSR count). The molecule has 0 aromatic carbocycles. The Balaban J connectivity index is 4.40. The minimum atomic E-state index is -0.810. The van der Waals surface area contributed by atoms with E-state index in [1.807, 2.05) is 6.08 Å². The molecule has 0 N–H and O–H groups in total. The van der Waals surface area contributed by atoms with Crippen LogP contribution in [0.1, 0.15) is 303 Å². The Morgan fingerprint density at radius 2 is 0.565 bits per heavy atom. The number of unbranched alkanes of at least 4 members (excludes halogenated alkanes) is 34. The van der Waals surface area contributed by atoms with E-state index in [1.165, 1.54) is 193 Å². The molecule has 0 saturated carbocycles. The number of esters is 3. The van der Waals surface area contributed by atoms with Crippen LogP contribution in [0, 0.1) is 0 Å². The molecule has 0 aliphatic rings. The van der Waals surface area contributed by atoms with Gasteiger partial charge in [0.05, 0.1) is 6.42 Å². The Labute approximate surface area is 428 Å². The van der Waals surface area contributed by atoms with Crippen molar-refractivity contribution in [1.82, 2.24) is 0 Å². The van der Waals surface area contributed by atoms with Crippen molar-refractivity contribution in [3.8, 4) is 0 Å². The second-order valence-electron chi connectivity index (χ2n) is 19.9. The summed E-state index contributed by atoms with van der Waals surface area (Å²) in [5.74, 6) is -1.02. The molecule has 0 bridgehead atoms. The molecule has 0 aromatic heterocycles. The zero-order chi connectivity index (χ0) is 50.0. The van der Waals surface area contributed by atoms with E-state index in [4.69, 9.17) is 14.2 Å². The highest BCUT2D eigenvalue weighted by molar-refractivity contribution is 5.72. The van der Waals surface area contributed by atoms with Crippen LogP contribution >= 0.6 is 0 Å². The second-order valence-corrected chi connectivity index (χ2v) is 19.9. The topological polar surface area (TPSA) is 78.9 Å². The van der Waals surface area contributed by atoms with Gasteiger partial charge in [0.25, 0.3) is 0 Å². The largest absolute Gasteiger partial charge is 0.462 e. The lowest BCUT2D eigenvalue weighted by molar-refractivity contribution is -0.166. The fourth-order valence-corrected chi connectivity index (χ4v) is 8.64. The molecule has 0 aliphatic carbocycles. The standard InChI is InChI=1S/C63H112O6/c1-4-7-10-13-16-19-22-25-28-30-31-32-33-36-38-41-44-47-50-53-56-62(65)68-59-60(58-67-61(64)55-52-49-46-43-40-37-34-27-24-21-18-15-12-9-6-3)69-63(66)57-54-51-48-45-42-39-35-29-26-23-20-17-14-11-8-5-2/h9,12,18,21,27,34,40,43,49,52,60H,4-8,10-11,13-17,19-20,22-26,28-33,35-39,41-42,44-48,50-51,53-59H2,1-3H3/b12-9-,21-18-,34-27-,43-40-,52-49-. The van der Waals surface area contributed by atoms with Crippen LogP contribution in [0.15, 0.2) is 60.8 Å². The van der Waals surface area contributed by atoms with Crippen LogP contribution in [0.2, 0.25) is 0 Å². The van der Waals surface area contributed by atoms with E-state index >= 15 is 0 Å². The van der Waals surface area contributed by atoms with Gasteiger partial charge in [0.15, 0.2) is 6.10 Å². The normalized spacial score (nSPS) is 12.4. The molecule has 0 aromatic rings. The van der Waals surface area contributed by atoms with E-state index in [9.17, 15) is 14.4 Å². The zero-order valence-corrected chi connectivity index (χ0v) is 45.8. The smallest absolute Gasteiger partial charge is 0.309 e. The van der Waals surface area contributed by atoms with Gasteiger partial charge in [-0.05, 0) is 44.9 Å². The number of allylic oxidation sites excluding steroid dienone is 9. The number of ether oxygens (including phenoxy) is 3. The predicted molar refractivity (Wildman–Crippen MR) is 298 cm³/mol. The molecule has 0 fully saturated rings. The first-order valence-corrected chi connectivity index (χ1v) is 29.8. The molecule has 0 saturated heterocycles. The molecule has 0 heterocycles. The van der Waals surface area contributed by atoms with Crippen molar-refractivity contribution in [3.05, 3.63) is 60.8 Å². The fourth-order valence-electron chi connectivity index (χ4n) is 8.64. The molecule has 69 heavy (non-hydrogen) atoms. The van der Waals surface area contributed by atoms with Crippen LogP contribution in [-0.4, -0.2) is 37.2 Å². The molecule has 0 aliphatic heterocycles. The lowest BCUT2D eigenvalue weighted by Gasteiger charge is -2.18. The van der Waals surface area contributed by atoms with Crippen molar-refractivity contribution in [2.75, 3.05) is 13.2 Å². The molecular weight excluding hydrogens is 853 g/mol. The third-order valence-electron chi connectivity index (χ3n) is 13.1. The first kappa shape index (κ1) is 66.1. The van der Waals surface area contributed by atoms with Crippen molar-refractivity contribution in [2.24, 2.45) is 0 Å². The minimum Gasteiger partial charge on any atom is -0.462 e. The number of hydrogen-bond donors (Lipinski definition) is 0. The quantitative estimate of drug-likeness (QED) is 0.0262. The molecule has 1 atom stereocenters. The number of carbonyl (C=O) groups excluding carboxylic acids is 3. The van der Waals surface area contributed by atoms with E-state index in [-0.39, 0.29) is 31.6 Å². The Bertz CT molecular complexity index is 1250. The second kappa shape index (κ2) is 57.7. The van der Waals surface area contributed by atoms with Gasteiger partial charge in [0, 0.05) is 12.8 Å². The maximum absolute atomic E-state index is 12.9. The average molecular weight is 966 g/mol. The maximum Gasteiger partial charge on any atom is 0.309 e. The van der Waals surface area contributed by atoms with E-state index in [0.29, 0.717) is 12.8 Å². The summed E-state index contributed by atoms with van der Waals surface area (Å²) in [6.45, 7) is 6.48. The molecule has 0 radical (unpaired) electrons. The van der Waals surface area contributed by atoms with Crippen LogP contribution in [0.4, 0.5) is 0 Å². The summed E-state index contributed by atoms with van der Waals surface area (Å²) in [6, 6.07) is 0. The molecular formula is C63H112O6. The predicted octanol–water partition coefficient (Wildman–Crippen LogP) is 20.0. The molecule has 6 heteroatoms. The summed E-state index contributed by atoms with van der Waals surface area (Å²) in [7, 11) is 0. The molecule has 0 amide bonds. The highest BCUT2D eigenvalue weighted by Crippen LogP contribution is 2.17. The fraction of sp³-hybridized carbons (Fsp3) is 0.794. The number of hydrogen-bond acceptors (Lipinski definition) is 6. The SMILES string of the molecule is CC/C=C\C/C=C\C/C=C\C/C=C\C/C=C\CC(=O)OCC(COC(=O)CCCCCCCCCCCCCCCCCCCCCC)OC(=O)CCCCCCCCCCCCCCCCCC. The van der Waals surface area contributed by atoms with Crippen LogP contribution in [0.3, 0.4) is 0 Å². The third-order valence-corrected chi connectivity index (χ3v) is 13.1. The summed E-state index contributed by atoms with van der Waals surface area (Å²) in [4.78, 5) is 38.1. The molecule has 0 spiro atoms. The summed E-state index contributed by atoms with van der Waals surface area (Å²) in [5.41, 5.74) is 0. The van der Waals surface area contributed by atoms with Gasteiger partial charge in [-0.15, -0.1) is 0 Å². The summed E-state index contributed by atoms with van der Waals surface area (Å²) in [5, 5.41) is 0. The van der Waals surface area contributed by atoms with E-state index in [1.54, 1.807) is 6.08 Å². The molecule has 1 unspecified atom stereocenters. The van der Waals surface area contributed by atoms with Gasteiger partial charge in [-0.1, -0.05) is 300 Å². The van der Waals surface area contributed by atoms with E-state index < -0.39 is 12.1 Å². The van der Waals surface area contributed by atoms with Gasteiger partial charge in [-0.2, -0.15) is 0 Å². The van der Waals surface area contributed by atoms with Crippen LogP contribution in [-0.2, 0) is 28.6 Å². The van der Waals surface area contributed by atoms with E-state index in [0.717, 1.165) is 70.6 Å². The number of rotatable bonds is 54. The van der Waals surface area contributed by atoms with Crippen molar-refractivity contribution in [3.63, 3.8) is 0 Å². The summed E-state index contributed by atoms with van der Waals surface area (Å²) in [6.07, 6.45) is 72.5. The van der Waals surface area contributed by atoms with Gasteiger partial charge in [-0.25, -0.2) is 0 Å². The summed E-state index contributed by atoms with van der Waals surface area (Å²) >= 11 is 0. The van der Waals surface area contributed by atoms with Crippen LogP contribution < -0.4 is 0 Å². The van der Waals surface area contributed by atoms with Crippen LogP contribution in [0.5, 0.6) is 0 Å². The van der Waals surface area contributed by atoms with Crippen LogP contribution in [0.25, 0.3) is 0 Å². The van der Waals surface area contributed by atoms with Gasteiger partial charge in [-0.3, -0.25) is 14.4 Å².